The molecule has 8 nitrogen and oxygen atoms in total. The van der Waals surface area contributed by atoms with Gasteiger partial charge in [0.05, 0.1) is 28.8 Å². The molecule has 9 heteroatoms. The van der Waals surface area contributed by atoms with Crippen LogP contribution in [-0.4, -0.2) is 39.9 Å². The fraction of sp³-hybridized carbons (Fsp3) is 0.273. The van der Waals surface area contributed by atoms with Crippen molar-refractivity contribution in [2.45, 2.75) is 27.4 Å². The van der Waals surface area contributed by atoms with Gasteiger partial charge in [-0.2, -0.15) is 10.1 Å². The Morgan fingerprint density at radius 3 is 2.65 bits per heavy atom. The van der Waals surface area contributed by atoms with E-state index in [9.17, 15) is 4.79 Å². The summed E-state index contributed by atoms with van der Waals surface area (Å²) in [6.45, 7) is 6.10. The summed E-state index contributed by atoms with van der Waals surface area (Å²) in [5, 5.41) is 8.25. The van der Waals surface area contributed by atoms with Crippen LogP contribution in [0.25, 0.3) is 15.9 Å². The van der Waals surface area contributed by atoms with E-state index in [4.69, 9.17) is 9.47 Å². The molecule has 160 valence electrons. The SMILES string of the molecule is COCc1nc(OC)c2c(C)c(C(=O)Nc3cccc(-n4nc(C)cc4C)c3)sc2n1. The fourth-order valence-electron chi connectivity index (χ4n) is 3.50. The average Bonchev–Trinajstić information content (AvgIpc) is 3.26. The van der Waals surface area contributed by atoms with E-state index in [0.717, 1.165) is 28.0 Å². The molecule has 0 atom stereocenters. The molecule has 4 aromatic rings. The third kappa shape index (κ3) is 4.01. The van der Waals surface area contributed by atoms with Crippen LogP contribution in [0.4, 0.5) is 5.69 Å². The van der Waals surface area contributed by atoms with Crippen molar-refractivity contribution in [1.29, 1.82) is 0 Å². The second-order valence-corrected chi connectivity index (χ2v) is 8.16. The summed E-state index contributed by atoms with van der Waals surface area (Å²) in [5.41, 5.74) is 4.32. The summed E-state index contributed by atoms with van der Waals surface area (Å²) in [7, 11) is 3.14. The van der Waals surface area contributed by atoms with E-state index in [-0.39, 0.29) is 12.5 Å². The van der Waals surface area contributed by atoms with Crippen LogP contribution >= 0.6 is 11.3 Å². The van der Waals surface area contributed by atoms with Gasteiger partial charge in [0, 0.05) is 18.5 Å². The number of rotatable bonds is 6. The molecule has 3 heterocycles. The van der Waals surface area contributed by atoms with Gasteiger partial charge in [-0.15, -0.1) is 11.3 Å². The van der Waals surface area contributed by atoms with Gasteiger partial charge < -0.3 is 14.8 Å². The molecule has 1 aromatic carbocycles. The molecule has 1 amide bonds. The van der Waals surface area contributed by atoms with Gasteiger partial charge >= 0.3 is 0 Å². The maximum absolute atomic E-state index is 13.1. The minimum absolute atomic E-state index is 0.207. The minimum atomic E-state index is -0.207. The van der Waals surface area contributed by atoms with E-state index in [1.807, 2.05) is 55.8 Å². The molecule has 0 unspecified atom stereocenters. The Kier molecular flexibility index (Phi) is 5.71. The third-order valence-corrected chi connectivity index (χ3v) is 6.02. The molecule has 0 aliphatic carbocycles. The molecule has 0 spiro atoms. The minimum Gasteiger partial charge on any atom is -0.480 e. The summed E-state index contributed by atoms with van der Waals surface area (Å²) in [6, 6.07) is 9.62. The summed E-state index contributed by atoms with van der Waals surface area (Å²) in [6.07, 6.45) is 0. The number of hydrogen-bond acceptors (Lipinski definition) is 7. The van der Waals surface area contributed by atoms with Crippen LogP contribution in [0.3, 0.4) is 0 Å². The van der Waals surface area contributed by atoms with Crippen LogP contribution in [0.5, 0.6) is 5.88 Å². The third-order valence-electron chi connectivity index (χ3n) is 4.83. The van der Waals surface area contributed by atoms with Gasteiger partial charge in [-0.3, -0.25) is 4.79 Å². The lowest BCUT2D eigenvalue weighted by Crippen LogP contribution is -2.12. The van der Waals surface area contributed by atoms with Crippen LogP contribution in [0.1, 0.15) is 32.4 Å². The van der Waals surface area contributed by atoms with Gasteiger partial charge in [-0.05, 0) is 50.6 Å². The monoisotopic (exact) mass is 437 g/mol. The summed E-state index contributed by atoms with van der Waals surface area (Å²) in [5.74, 6) is 0.746. The van der Waals surface area contributed by atoms with E-state index in [1.54, 1.807) is 14.2 Å². The molecule has 0 saturated heterocycles. The molecule has 31 heavy (non-hydrogen) atoms. The number of anilines is 1. The second-order valence-electron chi connectivity index (χ2n) is 7.16. The Bertz CT molecular complexity index is 1280. The normalized spacial score (nSPS) is 11.1. The maximum Gasteiger partial charge on any atom is 0.266 e. The molecule has 4 rings (SSSR count). The number of ether oxygens (including phenoxy) is 2. The number of thiophene rings is 1. The number of fused-ring (bicyclic) bond motifs is 1. The lowest BCUT2D eigenvalue weighted by molar-refractivity contribution is 0.103. The highest BCUT2D eigenvalue weighted by atomic mass is 32.1. The highest BCUT2D eigenvalue weighted by Gasteiger charge is 2.21. The van der Waals surface area contributed by atoms with Crippen LogP contribution in [0, 0.1) is 20.8 Å². The second kappa shape index (κ2) is 8.44. The Labute approximate surface area is 183 Å². The number of amides is 1. The summed E-state index contributed by atoms with van der Waals surface area (Å²) < 4.78 is 12.4. The van der Waals surface area contributed by atoms with Crippen LogP contribution in [0.15, 0.2) is 30.3 Å². The Morgan fingerprint density at radius 2 is 1.97 bits per heavy atom. The van der Waals surface area contributed by atoms with E-state index in [0.29, 0.717) is 27.1 Å². The molecule has 1 N–H and O–H groups in total. The van der Waals surface area contributed by atoms with Crippen molar-refractivity contribution in [1.82, 2.24) is 19.7 Å². The van der Waals surface area contributed by atoms with Crippen molar-refractivity contribution in [2.24, 2.45) is 0 Å². The number of benzene rings is 1. The van der Waals surface area contributed by atoms with Crippen molar-refractivity contribution in [2.75, 3.05) is 19.5 Å². The number of methoxy groups -OCH3 is 2. The summed E-state index contributed by atoms with van der Waals surface area (Å²) in [4.78, 5) is 23.3. The highest BCUT2D eigenvalue weighted by Crippen LogP contribution is 2.35. The number of nitrogens with zero attached hydrogens (tertiary/aromatic N) is 4. The van der Waals surface area contributed by atoms with Crippen molar-refractivity contribution in [3.63, 3.8) is 0 Å². The number of carbonyl (C=O) groups excluding carboxylic acids is 1. The predicted molar refractivity (Wildman–Crippen MR) is 120 cm³/mol. The van der Waals surface area contributed by atoms with E-state index < -0.39 is 0 Å². The van der Waals surface area contributed by atoms with Crippen LogP contribution in [0.2, 0.25) is 0 Å². The quantitative estimate of drug-likeness (QED) is 0.486. The topological polar surface area (TPSA) is 91.2 Å². The zero-order chi connectivity index (χ0) is 22.1. The van der Waals surface area contributed by atoms with Gasteiger partial charge in [0.1, 0.15) is 11.4 Å². The van der Waals surface area contributed by atoms with E-state index in [1.165, 1.54) is 11.3 Å². The lowest BCUT2D eigenvalue weighted by atomic mass is 10.2. The largest absolute Gasteiger partial charge is 0.480 e. The van der Waals surface area contributed by atoms with Crippen molar-refractivity contribution in [3.05, 3.63) is 58.0 Å². The van der Waals surface area contributed by atoms with E-state index >= 15 is 0 Å². The number of carbonyl (C=O) groups is 1. The van der Waals surface area contributed by atoms with Gasteiger partial charge in [-0.25, -0.2) is 9.67 Å². The van der Waals surface area contributed by atoms with E-state index in [2.05, 4.69) is 20.4 Å². The smallest absolute Gasteiger partial charge is 0.266 e. The standard InChI is InChI=1S/C22H23N5O3S/c1-12-9-13(2)27(26-12)16-8-6-7-15(10-16)23-20(28)19-14(3)18-21(30-5)24-17(11-29-4)25-22(18)31-19/h6-10H,11H2,1-5H3,(H,23,28). The van der Waals surface area contributed by atoms with Gasteiger partial charge in [0.2, 0.25) is 5.88 Å². The Morgan fingerprint density at radius 1 is 1.16 bits per heavy atom. The highest BCUT2D eigenvalue weighted by molar-refractivity contribution is 7.20. The number of aromatic nitrogens is 4. The first-order valence-electron chi connectivity index (χ1n) is 9.69. The molecular weight excluding hydrogens is 414 g/mol. The van der Waals surface area contributed by atoms with Gasteiger partial charge in [-0.1, -0.05) is 6.07 Å². The first-order valence-corrected chi connectivity index (χ1v) is 10.5. The molecule has 0 saturated carbocycles. The summed E-state index contributed by atoms with van der Waals surface area (Å²) >= 11 is 1.31. The fourth-order valence-corrected chi connectivity index (χ4v) is 4.58. The lowest BCUT2D eigenvalue weighted by Gasteiger charge is -2.09. The van der Waals surface area contributed by atoms with Gasteiger partial charge in [0.15, 0.2) is 5.82 Å². The zero-order valence-corrected chi connectivity index (χ0v) is 18.8. The molecular formula is C22H23N5O3S. The number of aryl methyl sites for hydroxylation is 3. The van der Waals surface area contributed by atoms with Crippen molar-refractivity contribution >= 4 is 33.1 Å². The average molecular weight is 438 g/mol. The number of nitrogens with one attached hydrogen (secondary N) is 1. The molecule has 0 aliphatic heterocycles. The molecule has 3 aromatic heterocycles. The Balaban J connectivity index is 1.67. The van der Waals surface area contributed by atoms with Gasteiger partial charge in [0.25, 0.3) is 5.91 Å². The molecule has 0 aliphatic rings. The molecule has 0 radical (unpaired) electrons. The first-order chi connectivity index (χ1) is 14.9. The maximum atomic E-state index is 13.1. The van der Waals surface area contributed by atoms with Crippen LogP contribution in [-0.2, 0) is 11.3 Å². The number of hydrogen-bond donors (Lipinski definition) is 1. The van der Waals surface area contributed by atoms with Crippen molar-refractivity contribution < 1.29 is 14.3 Å². The predicted octanol–water partition coefficient (Wildman–Crippen LogP) is 4.21. The molecule has 0 bridgehead atoms. The first kappa shape index (κ1) is 21.0. The molecule has 0 fully saturated rings. The van der Waals surface area contributed by atoms with Crippen molar-refractivity contribution in [3.8, 4) is 11.6 Å². The zero-order valence-electron chi connectivity index (χ0n) is 18.0. The Hall–Kier alpha value is -3.30. The van der Waals surface area contributed by atoms with Crippen LogP contribution < -0.4 is 10.1 Å².